The van der Waals surface area contributed by atoms with E-state index in [0.717, 1.165) is 19.6 Å². The topological polar surface area (TPSA) is 44.8 Å². The quantitative estimate of drug-likeness (QED) is 0.870. The van der Waals surface area contributed by atoms with Crippen LogP contribution < -0.4 is 5.32 Å². The molecule has 0 aromatic rings. The first-order chi connectivity index (χ1) is 9.73. The van der Waals surface area contributed by atoms with Gasteiger partial charge in [-0.05, 0) is 47.3 Å². The maximum absolute atomic E-state index is 11.6. The number of rotatable bonds is 3. The SMILES string of the molecule is CCN(CC)CC.C[C@@H]1CN(C(=O)OC(C)(C)C)CCN1. The molecule has 1 N–H and O–H groups in total. The summed E-state index contributed by atoms with van der Waals surface area (Å²) in [5.74, 6) is 0. The molecule has 0 unspecified atom stereocenters. The van der Waals surface area contributed by atoms with Crippen LogP contribution >= 0.6 is 0 Å². The normalized spacial score (nSPS) is 19.0. The minimum atomic E-state index is -0.398. The molecule has 126 valence electrons. The van der Waals surface area contributed by atoms with Gasteiger partial charge < -0.3 is 19.9 Å². The first-order valence-corrected chi connectivity index (χ1v) is 8.17. The Bertz CT molecular complexity index is 280. The molecule has 1 aliphatic rings. The summed E-state index contributed by atoms with van der Waals surface area (Å²) in [5, 5.41) is 3.28. The second-order valence-electron chi connectivity index (χ2n) is 6.40. The van der Waals surface area contributed by atoms with Crippen LogP contribution in [0, 0.1) is 0 Å². The van der Waals surface area contributed by atoms with E-state index < -0.39 is 5.60 Å². The van der Waals surface area contributed by atoms with Crippen molar-refractivity contribution in [2.24, 2.45) is 0 Å². The third-order valence-electron chi connectivity index (χ3n) is 3.36. The molecule has 0 aliphatic carbocycles. The monoisotopic (exact) mass is 301 g/mol. The lowest BCUT2D eigenvalue weighted by Crippen LogP contribution is -2.52. The Labute approximate surface area is 131 Å². The lowest BCUT2D eigenvalue weighted by molar-refractivity contribution is 0.0201. The zero-order chi connectivity index (χ0) is 16.5. The van der Waals surface area contributed by atoms with Crippen molar-refractivity contribution in [2.75, 3.05) is 39.3 Å². The fourth-order valence-electron chi connectivity index (χ4n) is 2.10. The van der Waals surface area contributed by atoms with E-state index in [1.165, 1.54) is 19.6 Å². The van der Waals surface area contributed by atoms with E-state index in [1.54, 1.807) is 4.90 Å². The second kappa shape index (κ2) is 10.0. The van der Waals surface area contributed by atoms with Crippen molar-refractivity contribution in [3.8, 4) is 0 Å². The van der Waals surface area contributed by atoms with Gasteiger partial charge in [-0.3, -0.25) is 0 Å². The third-order valence-corrected chi connectivity index (χ3v) is 3.36. The predicted octanol–water partition coefficient (Wildman–Crippen LogP) is 2.56. The Balaban J connectivity index is 0.000000486. The van der Waals surface area contributed by atoms with Crippen molar-refractivity contribution < 1.29 is 9.53 Å². The van der Waals surface area contributed by atoms with Crippen LogP contribution in [0.15, 0.2) is 0 Å². The van der Waals surface area contributed by atoms with E-state index in [0.29, 0.717) is 6.04 Å². The van der Waals surface area contributed by atoms with E-state index in [9.17, 15) is 4.79 Å². The number of hydrogen-bond acceptors (Lipinski definition) is 4. The average Bonchev–Trinajstić information content (AvgIpc) is 2.39. The largest absolute Gasteiger partial charge is 0.444 e. The number of hydrogen-bond donors (Lipinski definition) is 1. The smallest absolute Gasteiger partial charge is 0.410 e. The van der Waals surface area contributed by atoms with Gasteiger partial charge in [0, 0.05) is 25.7 Å². The highest BCUT2D eigenvalue weighted by atomic mass is 16.6. The van der Waals surface area contributed by atoms with Gasteiger partial charge in [-0.1, -0.05) is 20.8 Å². The first-order valence-electron chi connectivity index (χ1n) is 8.17. The Kier molecular flexibility index (Phi) is 9.62. The van der Waals surface area contributed by atoms with Gasteiger partial charge >= 0.3 is 6.09 Å². The van der Waals surface area contributed by atoms with Gasteiger partial charge in [0.15, 0.2) is 0 Å². The molecule has 1 rings (SSSR count). The molecule has 0 saturated carbocycles. The van der Waals surface area contributed by atoms with Crippen LogP contribution in [-0.4, -0.2) is 66.8 Å². The molecule has 0 aromatic carbocycles. The van der Waals surface area contributed by atoms with Crippen molar-refractivity contribution in [3.05, 3.63) is 0 Å². The highest BCUT2D eigenvalue weighted by molar-refractivity contribution is 5.68. The molecule has 1 saturated heterocycles. The van der Waals surface area contributed by atoms with E-state index in [2.05, 4.69) is 37.9 Å². The van der Waals surface area contributed by atoms with Gasteiger partial charge in [-0.25, -0.2) is 4.79 Å². The lowest BCUT2D eigenvalue weighted by Gasteiger charge is -2.33. The van der Waals surface area contributed by atoms with Crippen LogP contribution in [0.5, 0.6) is 0 Å². The molecule has 1 amide bonds. The van der Waals surface area contributed by atoms with E-state index in [4.69, 9.17) is 4.74 Å². The molecule has 1 heterocycles. The van der Waals surface area contributed by atoms with Crippen LogP contribution in [0.3, 0.4) is 0 Å². The molecular weight excluding hydrogens is 266 g/mol. The third kappa shape index (κ3) is 9.69. The van der Waals surface area contributed by atoms with Crippen LogP contribution in [0.4, 0.5) is 4.79 Å². The van der Waals surface area contributed by atoms with Gasteiger partial charge in [-0.2, -0.15) is 0 Å². The Morgan fingerprint density at radius 1 is 1.24 bits per heavy atom. The summed E-state index contributed by atoms with van der Waals surface area (Å²) >= 11 is 0. The zero-order valence-electron chi connectivity index (χ0n) is 15.0. The van der Waals surface area contributed by atoms with Crippen LogP contribution in [-0.2, 0) is 4.74 Å². The molecule has 5 heteroatoms. The summed E-state index contributed by atoms with van der Waals surface area (Å²) in [6.07, 6.45) is -0.203. The molecule has 21 heavy (non-hydrogen) atoms. The first kappa shape index (κ1) is 20.2. The summed E-state index contributed by atoms with van der Waals surface area (Å²) in [6.45, 7) is 20.2. The van der Waals surface area contributed by atoms with E-state index >= 15 is 0 Å². The molecule has 1 aliphatic heterocycles. The Morgan fingerprint density at radius 3 is 2.10 bits per heavy atom. The summed E-state index contributed by atoms with van der Waals surface area (Å²) < 4.78 is 5.28. The maximum atomic E-state index is 11.6. The average molecular weight is 301 g/mol. The van der Waals surface area contributed by atoms with Gasteiger partial charge in [0.2, 0.25) is 0 Å². The van der Waals surface area contributed by atoms with Crippen molar-refractivity contribution >= 4 is 6.09 Å². The summed E-state index contributed by atoms with van der Waals surface area (Å²) in [5.41, 5.74) is -0.398. The van der Waals surface area contributed by atoms with Crippen molar-refractivity contribution in [3.63, 3.8) is 0 Å². The molecule has 0 bridgehead atoms. The maximum Gasteiger partial charge on any atom is 0.410 e. The Hall–Kier alpha value is -0.810. The van der Waals surface area contributed by atoms with Crippen molar-refractivity contribution in [2.45, 2.75) is 60.1 Å². The van der Waals surface area contributed by atoms with Crippen molar-refractivity contribution in [1.29, 1.82) is 0 Å². The summed E-state index contributed by atoms with van der Waals surface area (Å²) in [6, 6.07) is 0.358. The molecule has 1 atom stereocenters. The van der Waals surface area contributed by atoms with Gasteiger partial charge in [0.05, 0.1) is 0 Å². The van der Waals surface area contributed by atoms with Crippen LogP contribution in [0.1, 0.15) is 48.5 Å². The predicted molar refractivity (Wildman–Crippen MR) is 88.7 cm³/mol. The molecular formula is C16H35N3O2. The van der Waals surface area contributed by atoms with Crippen LogP contribution in [0.25, 0.3) is 0 Å². The number of carbonyl (C=O) groups is 1. The number of amides is 1. The van der Waals surface area contributed by atoms with E-state index in [1.807, 2.05) is 20.8 Å². The van der Waals surface area contributed by atoms with Crippen molar-refractivity contribution in [1.82, 2.24) is 15.1 Å². The number of nitrogens with zero attached hydrogens (tertiary/aromatic N) is 2. The summed E-state index contributed by atoms with van der Waals surface area (Å²) in [4.78, 5) is 15.8. The summed E-state index contributed by atoms with van der Waals surface area (Å²) in [7, 11) is 0. The molecule has 0 aromatic heterocycles. The number of piperazine rings is 1. The highest BCUT2D eigenvalue weighted by Crippen LogP contribution is 2.11. The number of ether oxygens (including phenoxy) is 1. The fourth-order valence-corrected chi connectivity index (χ4v) is 2.10. The molecule has 0 spiro atoms. The molecule has 5 nitrogen and oxygen atoms in total. The van der Waals surface area contributed by atoms with E-state index in [-0.39, 0.29) is 6.09 Å². The van der Waals surface area contributed by atoms with Gasteiger partial charge in [-0.15, -0.1) is 0 Å². The highest BCUT2D eigenvalue weighted by Gasteiger charge is 2.25. The van der Waals surface area contributed by atoms with Gasteiger partial charge in [0.1, 0.15) is 5.60 Å². The molecule has 0 radical (unpaired) electrons. The minimum Gasteiger partial charge on any atom is -0.444 e. The lowest BCUT2D eigenvalue weighted by atomic mass is 10.2. The molecule has 1 fully saturated rings. The standard InChI is InChI=1S/C10H20N2O2.C6H15N/c1-8-7-12(6-5-11-8)9(13)14-10(2,3)4;1-4-7(5-2)6-3/h8,11H,5-7H2,1-4H3;4-6H2,1-3H3/t8-;/m1./s1. The minimum absolute atomic E-state index is 0.203. The Morgan fingerprint density at radius 2 is 1.76 bits per heavy atom. The number of nitrogens with one attached hydrogen (secondary N) is 1. The number of carbonyl (C=O) groups excluding carboxylic acids is 1. The zero-order valence-corrected chi connectivity index (χ0v) is 15.0. The van der Waals surface area contributed by atoms with Crippen LogP contribution in [0.2, 0.25) is 0 Å². The second-order valence-corrected chi connectivity index (χ2v) is 6.40. The fraction of sp³-hybridized carbons (Fsp3) is 0.938. The van der Waals surface area contributed by atoms with Gasteiger partial charge in [0.25, 0.3) is 0 Å².